The van der Waals surface area contributed by atoms with Crippen LogP contribution in [0.25, 0.3) is 17.5 Å². The van der Waals surface area contributed by atoms with Crippen LogP contribution in [0.15, 0.2) is 83.2 Å². The van der Waals surface area contributed by atoms with Gasteiger partial charge in [-0.25, -0.2) is 4.79 Å². The Morgan fingerprint density at radius 2 is 1.69 bits per heavy atom. The van der Waals surface area contributed by atoms with Gasteiger partial charge in [-0.05, 0) is 60.5 Å². The first-order chi connectivity index (χ1) is 21.7. The summed E-state index contributed by atoms with van der Waals surface area (Å²) in [5.74, 6) is -1.65. The SMILES string of the molecule is CCOC(=O)C1=C(N)n2c(s/c(=C\c3cccc(OC)c3)c2=O)=C(C(=O)Nc2ccc([N+](=O)[O-])cc2)C1c1cccc(OC)c1. The minimum absolute atomic E-state index is 0.0189. The van der Waals surface area contributed by atoms with Crippen molar-refractivity contribution in [3.8, 4) is 11.5 Å². The fourth-order valence-corrected chi connectivity index (χ4v) is 6.15. The van der Waals surface area contributed by atoms with Crippen LogP contribution in [0.4, 0.5) is 11.4 Å². The van der Waals surface area contributed by atoms with Crippen molar-refractivity contribution in [2.45, 2.75) is 12.8 Å². The second-order valence-electron chi connectivity index (χ2n) is 9.73. The van der Waals surface area contributed by atoms with Crippen molar-refractivity contribution in [2.24, 2.45) is 5.73 Å². The zero-order valence-electron chi connectivity index (χ0n) is 24.4. The molecule has 1 atom stereocenters. The number of anilines is 1. The summed E-state index contributed by atoms with van der Waals surface area (Å²) in [6.07, 6.45) is 1.64. The van der Waals surface area contributed by atoms with E-state index in [4.69, 9.17) is 19.9 Å². The number of carbonyl (C=O) groups excluding carboxylic acids is 2. The topological polar surface area (TPSA) is 165 Å². The minimum Gasteiger partial charge on any atom is -0.497 e. The van der Waals surface area contributed by atoms with Crippen LogP contribution >= 0.6 is 11.3 Å². The molecule has 13 heteroatoms. The maximum atomic E-state index is 14.2. The van der Waals surface area contributed by atoms with Gasteiger partial charge in [0.25, 0.3) is 17.2 Å². The number of rotatable bonds is 9. The van der Waals surface area contributed by atoms with E-state index in [2.05, 4.69) is 5.32 Å². The zero-order chi connectivity index (χ0) is 32.2. The maximum absolute atomic E-state index is 14.2. The molecule has 4 aromatic rings. The highest BCUT2D eigenvalue weighted by Gasteiger charge is 2.39. The molecule has 0 aliphatic carbocycles. The molecule has 45 heavy (non-hydrogen) atoms. The lowest BCUT2D eigenvalue weighted by molar-refractivity contribution is -0.384. The fourth-order valence-electron chi connectivity index (χ4n) is 4.98. The van der Waals surface area contributed by atoms with E-state index in [-0.39, 0.29) is 44.1 Å². The first kappa shape index (κ1) is 30.8. The van der Waals surface area contributed by atoms with Gasteiger partial charge >= 0.3 is 5.97 Å². The highest BCUT2D eigenvalue weighted by Crippen LogP contribution is 2.39. The van der Waals surface area contributed by atoms with E-state index in [0.29, 0.717) is 22.6 Å². The predicted octanol–water partition coefficient (Wildman–Crippen LogP) is 2.94. The number of non-ortho nitro benzene ring substituents is 1. The highest BCUT2D eigenvalue weighted by atomic mass is 32.1. The minimum atomic E-state index is -1.07. The number of nitro benzene ring substituents is 1. The highest BCUT2D eigenvalue weighted by molar-refractivity contribution is 7.07. The molecule has 1 aliphatic rings. The van der Waals surface area contributed by atoms with Crippen LogP contribution in [0.2, 0.25) is 0 Å². The van der Waals surface area contributed by atoms with Crippen LogP contribution in [0.5, 0.6) is 11.5 Å². The summed E-state index contributed by atoms with van der Waals surface area (Å²) < 4.78 is 17.7. The Morgan fingerprint density at radius 1 is 1.02 bits per heavy atom. The normalized spacial score (nSPS) is 14.5. The van der Waals surface area contributed by atoms with Crippen LogP contribution in [-0.4, -0.2) is 42.2 Å². The van der Waals surface area contributed by atoms with Gasteiger partial charge in [0.05, 0.1) is 47.3 Å². The van der Waals surface area contributed by atoms with Gasteiger partial charge in [0.1, 0.15) is 22.0 Å². The van der Waals surface area contributed by atoms with Crippen molar-refractivity contribution in [2.75, 3.05) is 26.1 Å². The lowest BCUT2D eigenvalue weighted by Gasteiger charge is -2.27. The molecule has 1 amide bonds. The number of carbonyl (C=O) groups is 2. The Balaban J connectivity index is 1.81. The van der Waals surface area contributed by atoms with E-state index in [1.54, 1.807) is 61.5 Å². The number of aromatic nitrogens is 1. The lowest BCUT2D eigenvalue weighted by atomic mass is 9.82. The van der Waals surface area contributed by atoms with Crippen LogP contribution < -0.4 is 35.3 Å². The van der Waals surface area contributed by atoms with Gasteiger partial charge in [-0.1, -0.05) is 24.3 Å². The number of thiazole rings is 1. The van der Waals surface area contributed by atoms with Crippen molar-refractivity contribution >= 4 is 52.1 Å². The molecule has 0 bridgehead atoms. The average molecular weight is 629 g/mol. The molecule has 1 unspecified atom stereocenters. The van der Waals surface area contributed by atoms with Crippen molar-refractivity contribution in [1.29, 1.82) is 0 Å². The number of hydrogen-bond donors (Lipinski definition) is 2. The third-order valence-corrected chi connectivity index (χ3v) is 8.15. The molecule has 5 rings (SSSR count). The molecule has 3 N–H and O–H groups in total. The Morgan fingerprint density at radius 3 is 2.33 bits per heavy atom. The number of methoxy groups -OCH3 is 2. The van der Waals surface area contributed by atoms with E-state index < -0.39 is 28.3 Å². The van der Waals surface area contributed by atoms with Gasteiger partial charge in [0.15, 0.2) is 0 Å². The molecule has 3 aromatic carbocycles. The molecular weight excluding hydrogens is 600 g/mol. The number of nitrogens with one attached hydrogen (secondary N) is 1. The number of nitrogens with zero attached hydrogens (tertiary/aromatic N) is 2. The standard InChI is InChI=1S/C32H28N4O8S/c1-4-44-32(39)26-25(19-8-6-10-23(17-19)43-3)27(29(37)34-20-11-13-21(14-12-20)36(40)41)31-35(28(26)33)30(38)24(45-31)16-18-7-5-9-22(15-18)42-2/h5-17,25H,4,33H2,1-3H3,(H,34,37)/b24-16-. The van der Waals surface area contributed by atoms with Gasteiger partial charge in [-0.15, -0.1) is 11.3 Å². The number of nitro groups is 1. The molecule has 0 saturated carbocycles. The van der Waals surface area contributed by atoms with E-state index in [0.717, 1.165) is 15.9 Å². The largest absolute Gasteiger partial charge is 0.497 e. The summed E-state index contributed by atoms with van der Waals surface area (Å²) >= 11 is 1.03. The Labute approximate surface area is 260 Å². The number of benzene rings is 3. The third kappa shape index (κ3) is 6.06. The van der Waals surface area contributed by atoms with E-state index in [9.17, 15) is 24.5 Å². The number of nitrogens with two attached hydrogens (primary N) is 1. The number of esters is 1. The van der Waals surface area contributed by atoms with Crippen LogP contribution in [0, 0.1) is 10.1 Å². The van der Waals surface area contributed by atoms with Gasteiger partial charge in [-0.2, -0.15) is 0 Å². The molecule has 0 fully saturated rings. The van der Waals surface area contributed by atoms with Crippen molar-refractivity contribution < 1.29 is 28.7 Å². The molecule has 0 radical (unpaired) electrons. The first-order valence-electron chi connectivity index (χ1n) is 13.7. The predicted molar refractivity (Wildman–Crippen MR) is 169 cm³/mol. The molecule has 2 heterocycles. The number of ether oxygens (including phenoxy) is 3. The maximum Gasteiger partial charge on any atom is 0.338 e. The van der Waals surface area contributed by atoms with E-state index >= 15 is 0 Å². The first-order valence-corrected chi connectivity index (χ1v) is 14.5. The Hall–Kier alpha value is -5.69. The molecule has 1 aromatic heterocycles. The van der Waals surface area contributed by atoms with Crippen LogP contribution in [-0.2, 0) is 14.3 Å². The molecule has 230 valence electrons. The number of amides is 1. The lowest BCUT2D eigenvalue weighted by Crippen LogP contribution is -2.42. The second kappa shape index (κ2) is 12.9. The van der Waals surface area contributed by atoms with E-state index in [1.807, 2.05) is 0 Å². The summed E-state index contributed by atoms with van der Waals surface area (Å²) in [5.41, 5.74) is 7.28. The molecule has 1 aliphatic heterocycles. The quantitative estimate of drug-likeness (QED) is 0.161. The van der Waals surface area contributed by atoms with Crippen LogP contribution in [0.1, 0.15) is 24.0 Å². The Kier molecular flexibility index (Phi) is 8.81. The summed E-state index contributed by atoms with van der Waals surface area (Å²) in [7, 11) is 3.02. The second-order valence-corrected chi connectivity index (χ2v) is 10.8. The summed E-state index contributed by atoms with van der Waals surface area (Å²) in [4.78, 5) is 52.3. The smallest absolute Gasteiger partial charge is 0.338 e. The monoisotopic (exact) mass is 628 g/mol. The van der Waals surface area contributed by atoms with Crippen molar-refractivity contribution in [1.82, 2.24) is 4.57 Å². The zero-order valence-corrected chi connectivity index (χ0v) is 25.3. The van der Waals surface area contributed by atoms with Crippen molar-refractivity contribution in [3.63, 3.8) is 0 Å². The molecule has 0 spiro atoms. The molecular formula is C32H28N4O8S. The van der Waals surface area contributed by atoms with Gasteiger partial charge in [0.2, 0.25) is 0 Å². The number of fused-ring (bicyclic) bond motifs is 1. The Bertz CT molecular complexity index is 2030. The van der Waals surface area contributed by atoms with E-state index in [1.165, 1.54) is 38.5 Å². The average Bonchev–Trinajstić information content (AvgIpc) is 3.36. The van der Waals surface area contributed by atoms with Gasteiger partial charge in [-0.3, -0.25) is 24.3 Å². The van der Waals surface area contributed by atoms with Crippen LogP contribution in [0.3, 0.4) is 0 Å². The number of hydrogen-bond acceptors (Lipinski definition) is 10. The molecule has 12 nitrogen and oxygen atoms in total. The molecule has 0 saturated heterocycles. The summed E-state index contributed by atoms with van der Waals surface area (Å²) in [6.45, 7) is 1.65. The fraction of sp³-hybridized carbons (Fsp3) is 0.156. The summed E-state index contributed by atoms with van der Waals surface area (Å²) in [5, 5.41) is 13.9. The van der Waals surface area contributed by atoms with Gasteiger partial charge in [0, 0.05) is 17.8 Å². The third-order valence-electron chi connectivity index (χ3n) is 7.04. The van der Waals surface area contributed by atoms with Gasteiger partial charge < -0.3 is 25.3 Å². The van der Waals surface area contributed by atoms with Crippen molar-refractivity contribution in [3.05, 3.63) is 119 Å². The summed E-state index contributed by atoms with van der Waals surface area (Å²) in [6, 6.07) is 19.2.